The number of nitro benzene ring substituents is 1. The van der Waals surface area contributed by atoms with Gasteiger partial charge >= 0.3 is 0 Å². The predicted octanol–water partition coefficient (Wildman–Crippen LogP) is 7.43. The Morgan fingerprint density at radius 3 is 2.43 bits per heavy atom. The number of nitrogens with zero attached hydrogens (tertiary/aromatic N) is 2. The number of benzene rings is 1. The van der Waals surface area contributed by atoms with Crippen LogP contribution >= 0.6 is 0 Å². The topological polar surface area (TPSA) is 83.6 Å². The van der Waals surface area contributed by atoms with Gasteiger partial charge in [0, 0.05) is 24.1 Å². The molecule has 2 aromatic rings. The molecule has 0 aliphatic heterocycles. The highest BCUT2D eigenvalue weighted by molar-refractivity contribution is 5.89. The average molecular weight is 487 g/mol. The molecule has 7 nitrogen and oxygen atoms in total. The minimum absolute atomic E-state index is 0.0471. The van der Waals surface area contributed by atoms with E-state index in [4.69, 9.17) is 9.47 Å². The van der Waals surface area contributed by atoms with Crippen molar-refractivity contribution in [3.05, 3.63) is 50.3 Å². The van der Waals surface area contributed by atoms with Gasteiger partial charge in [0.2, 0.25) is 5.75 Å². The number of non-ortho nitro benzene ring substituents is 1. The van der Waals surface area contributed by atoms with E-state index in [9.17, 15) is 14.9 Å². The van der Waals surface area contributed by atoms with Crippen molar-refractivity contribution in [1.82, 2.24) is 4.57 Å². The van der Waals surface area contributed by atoms with Crippen LogP contribution in [0, 0.1) is 16.0 Å². The van der Waals surface area contributed by atoms with Crippen molar-refractivity contribution in [3.63, 3.8) is 0 Å². The predicted molar refractivity (Wildman–Crippen MR) is 143 cm³/mol. The van der Waals surface area contributed by atoms with Crippen LogP contribution in [0.5, 0.6) is 11.5 Å². The molecule has 1 aromatic carbocycles. The van der Waals surface area contributed by atoms with Gasteiger partial charge in [-0.1, -0.05) is 64.9 Å². The van der Waals surface area contributed by atoms with Gasteiger partial charge in [-0.2, -0.15) is 0 Å². The van der Waals surface area contributed by atoms with Crippen LogP contribution in [-0.2, 0) is 6.54 Å². The quantitative estimate of drug-likeness (QED) is 0.107. The first kappa shape index (κ1) is 28.4. The maximum atomic E-state index is 13.7. The maximum Gasteiger partial charge on any atom is 0.297 e. The van der Waals surface area contributed by atoms with Gasteiger partial charge in [0.1, 0.15) is 6.61 Å². The molecule has 1 atom stereocenters. The van der Waals surface area contributed by atoms with Crippen molar-refractivity contribution in [3.8, 4) is 11.5 Å². The molecule has 0 amide bonds. The van der Waals surface area contributed by atoms with E-state index in [0.29, 0.717) is 35.7 Å². The van der Waals surface area contributed by atoms with Crippen molar-refractivity contribution in [1.29, 1.82) is 0 Å². The number of allylic oxidation sites excluding steroid dienone is 1. The summed E-state index contributed by atoms with van der Waals surface area (Å²) in [4.78, 5) is 24.8. The number of hydrogen-bond acceptors (Lipinski definition) is 5. The number of rotatable bonds is 16. The van der Waals surface area contributed by atoms with Crippen LogP contribution in [0.3, 0.4) is 0 Å². The Labute approximate surface area is 209 Å². The third kappa shape index (κ3) is 8.41. The molecule has 0 N–H and O–H groups in total. The Morgan fingerprint density at radius 2 is 1.77 bits per heavy atom. The molecule has 0 radical (unpaired) electrons. The molecule has 0 spiro atoms. The molecule has 1 heterocycles. The zero-order valence-corrected chi connectivity index (χ0v) is 22.1. The summed E-state index contributed by atoms with van der Waals surface area (Å²) in [7, 11) is 0. The molecule has 35 heavy (non-hydrogen) atoms. The zero-order valence-electron chi connectivity index (χ0n) is 22.1. The Kier molecular flexibility index (Phi) is 11.8. The lowest BCUT2D eigenvalue weighted by atomic mass is 10.1. The minimum atomic E-state index is -0.431. The van der Waals surface area contributed by atoms with Crippen LogP contribution in [0.25, 0.3) is 10.9 Å². The van der Waals surface area contributed by atoms with Crippen molar-refractivity contribution in [2.45, 2.75) is 92.5 Å². The number of fused-ring (bicyclic) bond motifs is 1. The van der Waals surface area contributed by atoms with Crippen LogP contribution in [0.1, 0.15) is 86.0 Å². The van der Waals surface area contributed by atoms with E-state index in [1.165, 1.54) is 31.4 Å². The van der Waals surface area contributed by atoms with E-state index in [-0.39, 0.29) is 23.6 Å². The fourth-order valence-corrected chi connectivity index (χ4v) is 4.14. The summed E-state index contributed by atoms with van der Waals surface area (Å²) >= 11 is 0. The van der Waals surface area contributed by atoms with E-state index in [1.54, 1.807) is 10.6 Å². The standard InChI is InChI=1S/C28H42N2O5/c1-6-8-9-10-11-12-17-29-25-19-23(30(32)33)14-15-24(25)26(34-18-16-21(3)4)27(28(29)31)35-20-22(5)13-7-2/h14-16,19,22H,6-13,17-18,20H2,1-5H3. The molecule has 0 saturated carbocycles. The Hall–Kier alpha value is -2.83. The van der Waals surface area contributed by atoms with Gasteiger partial charge in [0.25, 0.3) is 11.2 Å². The van der Waals surface area contributed by atoms with E-state index in [0.717, 1.165) is 37.7 Å². The molecule has 0 bridgehead atoms. The van der Waals surface area contributed by atoms with Crippen LogP contribution in [0.4, 0.5) is 5.69 Å². The third-order valence-corrected chi connectivity index (χ3v) is 6.12. The number of unbranched alkanes of at least 4 members (excludes halogenated alkanes) is 5. The third-order valence-electron chi connectivity index (χ3n) is 6.12. The normalized spacial score (nSPS) is 11.9. The van der Waals surface area contributed by atoms with Gasteiger partial charge in [-0.15, -0.1) is 0 Å². The Balaban J connectivity index is 2.55. The van der Waals surface area contributed by atoms with Gasteiger partial charge < -0.3 is 14.0 Å². The lowest BCUT2D eigenvalue weighted by molar-refractivity contribution is -0.384. The number of hydrogen-bond donors (Lipinski definition) is 0. The molecule has 7 heteroatoms. The van der Waals surface area contributed by atoms with E-state index in [2.05, 4.69) is 20.8 Å². The smallest absolute Gasteiger partial charge is 0.297 e. The van der Waals surface area contributed by atoms with Crippen molar-refractivity contribution < 1.29 is 14.4 Å². The zero-order chi connectivity index (χ0) is 25.8. The molecule has 194 valence electrons. The number of pyridine rings is 1. The minimum Gasteiger partial charge on any atom is -0.485 e. The number of nitro groups is 1. The summed E-state index contributed by atoms with van der Waals surface area (Å²) in [5.74, 6) is 0.854. The second-order valence-corrected chi connectivity index (χ2v) is 9.64. The summed E-state index contributed by atoms with van der Waals surface area (Å²) in [5.41, 5.74) is 1.27. The Bertz CT molecular complexity index is 1050. The first-order valence-corrected chi connectivity index (χ1v) is 13.0. The van der Waals surface area contributed by atoms with Crippen molar-refractivity contribution in [2.24, 2.45) is 5.92 Å². The monoisotopic (exact) mass is 486 g/mol. The molecule has 2 rings (SSSR count). The largest absolute Gasteiger partial charge is 0.485 e. The molecule has 1 aromatic heterocycles. The summed E-state index contributed by atoms with van der Waals surface area (Å²) in [6.45, 7) is 11.6. The summed E-state index contributed by atoms with van der Waals surface area (Å²) in [6.07, 6.45) is 10.5. The molecular weight excluding hydrogens is 444 g/mol. The SMILES string of the molecule is CCCCCCCCn1c(=O)c(OCC(C)CCC)c(OCC=C(C)C)c2ccc([N+](=O)[O-])cc21. The second-order valence-electron chi connectivity index (χ2n) is 9.64. The number of ether oxygens (including phenoxy) is 2. The van der Waals surface area contributed by atoms with Gasteiger partial charge in [-0.05, 0) is 44.7 Å². The van der Waals surface area contributed by atoms with E-state index < -0.39 is 4.92 Å². The highest BCUT2D eigenvalue weighted by Gasteiger charge is 2.22. The molecular formula is C28H42N2O5. The summed E-state index contributed by atoms with van der Waals surface area (Å²) in [5, 5.41) is 12.1. The highest BCUT2D eigenvalue weighted by Crippen LogP contribution is 2.35. The maximum absolute atomic E-state index is 13.7. The van der Waals surface area contributed by atoms with E-state index >= 15 is 0 Å². The van der Waals surface area contributed by atoms with Crippen molar-refractivity contribution >= 4 is 16.6 Å². The second kappa shape index (κ2) is 14.5. The molecule has 0 aliphatic rings. The first-order valence-electron chi connectivity index (χ1n) is 13.0. The first-order chi connectivity index (χ1) is 16.8. The van der Waals surface area contributed by atoms with Crippen molar-refractivity contribution in [2.75, 3.05) is 13.2 Å². The molecule has 0 saturated heterocycles. The Morgan fingerprint density at radius 1 is 1.06 bits per heavy atom. The summed E-state index contributed by atoms with van der Waals surface area (Å²) in [6, 6.07) is 4.61. The van der Waals surface area contributed by atoms with Crippen LogP contribution in [0.15, 0.2) is 34.6 Å². The van der Waals surface area contributed by atoms with Crippen LogP contribution in [-0.4, -0.2) is 22.7 Å². The van der Waals surface area contributed by atoms with Gasteiger partial charge in [0.05, 0.1) is 17.0 Å². The highest BCUT2D eigenvalue weighted by atomic mass is 16.6. The van der Waals surface area contributed by atoms with Gasteiger partial charge in [-0.3, -0.25) is 14.9 Å². The van der Waals surface area contributed by atoms with Gasteiger partial charge in [0.15, 0.2) is 5.75 Å². The van der Waals surface area contributed by atoms with Crippen LogP contribution < -0.4 is 15.0 Å². The fraction of sp³-hybridized carbons (Fsp3) is 0.607. The molecule has 1 unspecified atom stereocenters. The molecule has 0 aliphatic carbocycles. The summed E-state index contributed by atoms with van der Waals surface area (Å²) < 4.78 is 13.8. The number of aromatic nitrogens is 1. The van der Waals surface area contributed by atoms with E-state index in [1.807, 2.05) is 19.9 Å². The van der Waals surface area contributed by atoms with Crippen LogP contribution in [0.2, 0.25) is 0 Å². The van der Waals surface area contributed by atoms with Gasteiger partial charge in [-0.25, -0.2) is 0 Å². The number of aryl methyl sites for hydroxylation is 1. The lowest BCUT2D eigenvalue weighted by Crippen LogP contribution is -2.25. The molecule has 0 fully saturated rings. The lowest BCUT2D eigenvalue weighted by Gasteiger charge is -2.19. The average Bonchev–Trinajstić information content (AvgIpc) is 2.81. The fourth-order valence-electron chi connectivity index (χ4n) is 4.14.